The van der Waals surface area contributed by atoms with Gasteiger partial charge in [0.05, 0.1) is 25.1 Å². The Bertz CT molecular complexity index is 746. The summed E-state index contributed by atoms with van der Waals surface area (Å²) in [6.07, 6.45) is 1.20. The second kappa shape index (κ2) is 6.29. The van der Waals surface area contributed by atoms with Gasteiger partial charge in [-0.05, 0) is 12.0 Å². The molecule has 0 bridgehead atoms. The fraction of sp³-hybridized carbons (Fsp3) is 0.417. The minimum absolute atomic E-state index is 0. The van der Waals surface area contributed by atoms with Crippen molar-refractivity contribution in [3.63, 3.8) is 0 Å². The topological polar surface area (TPSA) is 130 Å². The van der Waals surface area contributed by atoms with E-state index in [1.165, 1.54) is 6.33 Å². The number of fused-ring (bicyclic) bond motifs is 1. The average molecular weight is 317 g/mol. The van der Waals surface area contributed by atoms with Gasteiger partial charge in [-0.25, -0.2) is 4.98 Å². The summed E-state index contributed by atoms with van der Waals surface area (Å²) in [7, 11) is 0. The maximum Gasteiger partial charge on any atom is 1.00 e. The van der Waals surface area contributed by atoms with Crippen molar-refractivity contribution in [1.82, 2.24) is 19.5 Å². The minimum atomic E-state index is -0.672. The third kappa shape index (κ3) is 2.74. The number of nitrogen functional groups attached to an aromatic ring is 1. The van der Waals surface area contributed by atoms with E-state index in [0.717, 1.165) is 0 Å². The van der Waals surface area contributed by atoms with E-state index in [-0.39, 0.29) is 82.8 Å². The Labute approximate surface area is 164 Å². The number of imidazole rings is 1. The van der Waals surface area contributed by atoms with Crippen molar-refractivity contribution >= 4 is 17.1 Å². The molecular weight excluding hydrogens is 301 g/mol. The monoisotopic (exact) mass is 317 g/mol. The fourth-order valence-electron chi connectivity index (χ4n) is 2.74. The number of rotatable bonds is 2. The second-order valence-corrected chi connectivity index (χ2v) is 4.96. The molecule has 1 aliphatic rings. The number of aliphatic hydroxyl groups is 2. The number of hydrogen-bond donors (Lipinski definition) is 4. The van der Waals surface area contributed by atoms with Crippen LogP contribution in [0.15, 0.2) is 23.3 Å². The summed E-state index contributed by atoms with van der Waals surface area (Å²) >= 11 is 0. The predicted molar refractivity (Wildman–Crippen MR) is 73.0 cm³/mol. The molecule has 1 fully saturated rings. The van der Waals surface area contributed by atoms with Crippen LogP contribution in [0, 0.1) is 5.92 Å². The van der Waals surface area contributed by atoms with Gasteiger partial charge in [-0.1, -0.05) is 6.58 Å². The molecule has 9 heteroatoms. The number of aromatic nitrogens is 4. The van der Waals surface area contributed by atoms with Crippen LogP contribution in [0.4, 0.5) is 5.95 Å². The zero-order valence-electron chi connectivity index (χ0n) is 12.7. The molecule has 8 nitrogen and oxygen atoms in total. The van der Waals surface area contributed by atoms with Gasteiger partial charge in [-0.2, -0.15) is 4.98 Å². The van der Waals surface area contributed by atoms with Gasteiger partial charge in [0.25, 0.3) is 5.56 Å². The van der Waals surface area contributed by atoms with Gasteiger partial charge in [0, 0.05) is 5.92 Å². The first-order valence-corrected chi connectivity index (χ1v) is 6.23. The van der Waals surface area contributed by atoms with Gasteiger partial charge in [-0.15, -0.1) is 0 Å². The standard InChI is InChI=1S/C12H15N5O3.K.H/c1-5-6(3-18)8(19)2-7(5)17-4-14-9-10(17)15-12(13)16-11(9)20;;/h4,6-8,18-19H,1-3H2,(H3,13,15,16,20);;/q;+1;-1/t6-,7-,8-;;/m0../s1. The molecule has 108 valence electrons. The Morgan fingerprint density at radius 3 is 2.95 bits per heavy atom. The second-order valence-electron chi connectivity index (χ2n) is 4.96. The predicted octanol–water partition coefficient (Wildman–Crippen LogP) is -3.71. The van der Waals surface area contributed by atoms with E-state index in [2.05, 4.69) is 21.5 Å². The van der Waals surface area contributed by atoms with Crippen LogP contribution >= 0.6 is 0 Å². The Morgan fingerprint density at radius 1 is 1.62 bits per heavy atom. The summed E-state index contributed by atoms with van der Waals surface area (Å²) in [5.41, 5.74) is 6.37. The molecule has 1 saturated carbocycles. The van der Waals surface area contributed by atoms with Crippen molar-refractivity contribution in [2.45, 2.75) is 18.6 Å². The smallest absolute Gasteiger partial charge is 1.00 e. The van der Waals surface area contributed by atoms with Crippen molar-refractivity contribution in [2.75, 3.05) is 12.3 Å². The van der Waals surface area contributed by atoms with E-state index >= 15 is 0 Å². The first-order valence-electron chi connectivity index (χ1n) is 6.23. The van der Waals surface area contributed by atoms with Crippen LogP contribution in [0.5, 0.6) is 0 Å². The molecule has 0 unspecified atom stereocenters. The van der Waals surface area contributed by atoms with Crippen LogP contribution in [0.1, 0.15) is 13.9 Å². The van der Waals surface area contributed by atoms with E-state index in [1.54, 1.807) is 4.57 Å². The molecule has 0 amide bonds. The van der Waals surface area contributed by atoms with E-state index in [4.69, 9.17) is 5.73 Å². The van der Waals surface area contributed by atoms with E-state index in [9.17, 15) is 15.0 Å². The van der Waals surface area contributed by atoms with E-state index in [1.807, 2.05) is 0 Å². The molecule has 2 aromatic rings. The molecule has 0 spiro atoms. The van der Waals surface area contributed by atoms with E-state index < -0.39 is 11.7 Å². The van der Waals surface area contributed by atoms with Gasteiger partial charge in [-0.3, -0.25) is 9.78 Å². The van der Waals surface area contributed by atoms with Gasteiger partial charge < -0.3 is 21.9 Å². The van der Waals surface area contributed by atoms with Crippen molar-refractivity contribution in [3.8, 4) is 0 Å². The Hall–Kier alpha value is -0.554. The zero-order valence-corrected chi connectivity index (χ0v) is 14.8. The fourth-order valence-corrected chi connectivity index (χ4v) is 2.74. The number of H-pyrrole nitrogens is 1. The summed E-state index contributed by atoms with van der Waals surface area (Å²) in [5.74, 6) is -0.371. The third-order valence-corrected chi connectivity index (χ3v) is 3.82. The Morgan fingerprint density at radius 2 is 2.33 bits per heavy atom. The largest absolute Gasteiger partial charge is 1.00 e. The Balaban J connectivity index is 0.00000121. The molecule has 0 aliphatic heterocycles. The molecule has 0 aromatic carbocycles. The SMILES string of the molecule is C=C1[C@H](CO)[C@@H](O)C[C@@H]1n1cnc2c(=O)[nH]c(N)nc21.[H-].[K+]. The summed E-state index contributed by atoms with van der Waals surface area (Å²) in [4.78, 5) is 22.2. The number of nitrogens with zero attached hydrogens (tertiary/aromatic N) is 3. The van der Waals surface area contributed by atoms with Crippen LogP contribution in [0.3, 0.4) is 0 Å². The molecule has 1 aliphatic carbocycles. The van der Waals surface area contributed by atoms with Crippen LogP contribution in [-0.4, -0.2) is 42.4 Å². The van der Waals surface area contributed by atoms with Crippen molar-refractivity contribution in [3.05, 3.63) is 28.8 Å². The number of nitrogens with two attached hydrogens (primary N) is 1. The van der Waals surface area contributed by atoms with Gasteiger partial charge >= 0.3 is 51.4 Å². The number of aliphatic hydroxyl groups excluding tert-OH is 2. The summed E-state index contributed by atoms with van der Waals surface area (Å²) in [6.45, 7) is 3.76. The van der Waals surface area contributed by atoms with Gasteiger partial charge in [0.1, 0.15) is 0 Å². The quantitative estimate of drug-likeness (QED) is 0.333. The molecule has 3 rings (SSSR count). The Kier molecular flexibility index (Phi) is 5.03. The number of nitrogens with one attached hydrogen (secondary N) is 1. The molecular formula is C12H16KN5O3. The molecule has 3 atom stereocenters. The summed E-state index contributed by atoms with van der Waals surface area (Å²) < 4.78 is 1.67. The average Bonchev–Trinajstić information content (AvgIpc) is 2.91. The third-order valence-electron chi connectivity index (χ3n) is 3.82. The van der Waals surface area contributed by atoms with Crippen molar-refractivity contribution < 1.29 is 63.0 Å². The molecule has 21 heavy (non-hydrogen) atoms. The molecule has 2 aromatic heterocycles. The summed E-state index contributed by atoms with van der Waals surface area (Å²) in [6, 6.07) is -0.263. The van der Waals surface area contributed by atoms with Crippen LogP contribution in [0.2, 0.25) is 0 Å². The normalized spacial score (nSPS) is 25.2. The van der Waals surface area contributed by atoms with Gasteiger partial charge in [0.2, 0.25) is 5.95 Å². The maximum absolute atomic E-state index is 11.7. The minimum Gasteiger partial charge on any atom is -1.00 e. The molecule has 5 N–H and O–H groups in total. The zero-order chi connectivity index (χ0) is 14.4. The van der Waals surface area contributed by atoms with Crippen LogP contribution in [0.25, 0.3) is 11.2 Å². The first-order chi connectivity index (χ1) is 9.52. The maximum atomic E-state index is 11.7. The molecule has 2 heterocycles. The van der Waals surface area contributed by atoms with Crippen molar-refractivity contribution in [2.24, 2.45) is 5.92 Å². The summed E-state index contributed by atoms with van der Waals surface area (Å²) in [5, 5.41) is 19.2. The number of aromatic amines is 1. The number of hydrogen-bond acceptors (Lipinski definition) is 6. The molecule has 0 radical (unpaired) electrons. The first kappa shape index (κ1) is 16.8. The van der Waals surface area contributed by atoms with Crippen LogP contribution in [-0.2, 0) is 0 Å². The van der Waals surface area contributed by atoms with Gasteiger partial charge in [0.15, 0.2) is 11.2 Å². The van der Waals surface area contributed by atoms with Crippen molar-refractivity contribution in [1.29, 1.82) is 0 Å². The number of anilines is 1. The van der Waals surface area contributed by atoms with Crippen LogP contribution < -0.4 is 62.7 Å². The van der Waals surface area contributed by atoms with E-state index in [0.29, 0.717) is 17.6 Å². The molecule has 0 saturated heterocycles.